The molecule has 0 bridgehead atoms. The van der Waals surface area contributed by atoms with Gasteiger partial charge in [0.2, 0.25) is 0 Å². The molecule has 0 heterocycles. The molecule has 2 aromatic carbocycles. The van der Waals surface area contributed by atoms with Gasteiger partial charge in [-0.15, -0.1) is 0 Å². The van der Waals surface area contributed by atoms with Crippen LogP contribution >= 0.6 is 11.6 Å². The predicted octanol–water partition coefficient (Wildman–Crippen LogP) is 2.94. The zero-order chi connectivity index (χ0) is 14.8. The maximum atomic E-state index is 12.4. The van der Waals surface area contributed by atoms with Crippen LogP contribution < -0.4 is 4.72 Å². The Kier molecular flexibility index (Phi) is 4.32. The minimum absolute atomic E-state index is 0.143. The van der Waals surface area contributed by atoms with Crippen LogP contribution in [0.15, 0.2) is 47.4 Å². The molecule has 0 aromatic heterocycles. The molecule has 2 rings (SSSR count). The molecular formula is C14H14ClNO3S. The monoisotopic (exact) mass is 311 g/mol. The fourth-order valence-corrected chi connectivity index (χ4v) is 3.41. The van der Waals surface area contributed by atoms with Crippen LogP contribution in [0.3, 0.4) is 0 Å². The maximum absolute atomic E-state index is 12.4. The number of aliphatic hydroxyl groups is 1. The minimum Gasteiger partial charge on any atom is -0.392 e. The summed E-state index contributed by atoms with van der Waals surface area (Å²) in [5.41, 5.74) is 1.51. The fourth-order valence-electron chi connectivity index (χ4n) is 1.88. The highest BCUT2D eigenvalue weighted by Crippen LogP contribution is 2.23. The molecular weight excluding hydrogens is 298 g/mol. The number of rotatable bonds is 4. The van der Waals surface area contributed by atoms with Crippen molar-refractivity contribution in [2.45, 2.75) is 18.4 Å². The second kappa shape index (κ2) is 5.83. The number of halogens is 1. The molecule has 0 aliphatic carbocycles. The van der Waals surface area contributed by atoms with E-state index < -0.39 is 10.0 Å². The molecule has 20 heavy (non-hydrogen) atoms. The molecule has 0 saturated heterocycles. The molecule has 0 aliphatic heterocycles. The van der Waals surface area contributed by atoms with Crippen molar-refractivity contribution >= 4 is 27.3 Å². The summed E-state index contributed by atoms with van der Waals surface area (Å²) in [7, 11) is -3.71. The van der Waals surface area contributed by atoms with Crippen molar-refractivity contribution in [1.82, 2.24) is 0 Å². The summed E-state index contributed by atoms with van der Waals surface area (Å²) in [6.07, 6.45) is 0. The minimum atomic E-state index is -3.71. The fraction of sp³-hybridized carbons (Fsp3) is 0.143. The number of aliphatic hydroxyl groups excluding tert-OH is 1. The molecule has 0 unspecified atom stereocenters. The van der Waals surface area contributed by atoms with Crippen LogP contribution in [0.2, 0.25) is 5.02 Å². The Bertz CT molecular complexity index is 729. The maximum Gasteiger partial charge on any atom is 0.262 e. The van der Waals surface area contributed by atoms with Crippen LogP contribution in [0.5, 0.6) is 0 Å². The standard InChI is InChI=1S/C14H14ClNO3S/c1-10-11(9-17)4-2-7-14(10)20(18,19)16-13-6-3-5-12(15)8-13/h2-8,16-17H,9H2,1H3. The summed E-state index contributed by atoms with van der Waals surface area (Å²) in [6, 6.07) is 11.3. The molecule has 4 nitrogen and oxygen atoms in total. The van der Waals surface area contributed by atoms with E-state index in [1.807, 2.05) is 0 Å². The third-order valence-corrected chi connectivity index (χ3v) is 4.69. The molecule has 0 atom stereocenters. The molecule has 0 fully saturated rings. The summed E-state index contributed by atoms with van der Waals surface area (Å²) in [5.74, 6) is 0. The molecule has 2 N–H and O–H groups in total. The lowest BCUT2D eigenvalue weighted by molar-refractivity contribution is 0.280. The largest absolute Gasteiger partial charge is 0.392 e. The molecule has 0 amide bonds. The number of anilines is 1. The van der Waals surface area contributed by atoms with Crippen molar-refractivity contribution in [3.8, 4) is 0 Å². The van der Waals surface area contributed by atoms with Gasteiger partial charge in [-0.3, -0.25) is 4.72 Å². The highest BCUT2D eigenvalue weighted by atomic mass is 35.5. The van der Waals surface area contributed by atoms with Gasteiger partial charge in [-0.1, -0.05) is 29.8 Å². The van der Waals surface area contributed by atoms with E-state index in [9.17, 15) is 13.5 Å². The number of nitrogens with one attached hydrogen (secondary N) is 1. The van der Waals surface area contributed by atoms with Crippen LogP contribution in [0.1, 0.15) is 11.1 Å². The topological polar surface area (TPSA) is 66.4 Å². The lowest BCUT2D eigenvalue weighted by Gasteiger charge is -2.12. The van der Waals surface area contributed by atoms with Gasteiger partial charge in [0.25, 0.3) is 10.0 Å². The second-order valence-corrected chi connectivity index (χ2v) is 6.40. The first-order chi connectivity index (χ1) is 9.44. The lowest BCUT2D eigenvalue weighted by atomic mass is 10.1. The van der Waals surface area contributed by atoms with Gasteiger partial charge < -0.3 is 5.11 Å². The second-order valence-electron chi connectivity index (χ2n) is 4.31. The molecule has 6 heteroatoms. The summed E-state index contributed by atoms with van der Waals surface area (Å²) < 4.78 is 27.2. The average molecular weight is 312 g/mol. The Labute approximate surface area is 123 Å². The number of sulfonamides is 1. The predicted molar refractivity (Wildman–Crippen MR) is 79.4 cm³/mol. The lowest BCUT2D eigenvalue weighted by Crippen LogP contribution is -2.15. The van der Waals surface area contributed by atoms with Gasteiger partial charge in [-0.05, 0) is 42.3 Å². The van der Waals surface area contributed by atoms with E-state index in [4.69, 9.17) is 11.6 Å². The summed E-state index contributed by atoms with van der Waals surface area (Å²) in [4.78, 5) is 0.143. The van der Waals surface area contributed by atoms with Gasteiger partial charge in [-0.25, -0.2) is 8.42 Å². The molecule has 0 radical (unpaired) electrons. The molecule has 106 valence electrons. The summed E-state index contributed by atoms with van der Waals surface area (Å²) in [6.45, 7) is 1.46. The van der Waals surface area contributed by atoms with E-state index in [-0.39, 0.29) is 11.5 Å². The first-order valence-corrected chi connectivity index (χ1v) is 7.78. The van der Waals surface area contributed by atoms with E-state index >= 15 is 0 Å². The zero-order valence-corrected chi connectivity index (χ0v) is 12.4. The van der Waals surface area contributed by atoms with E-state index in [1.165, 1.54) is 12.1 Å². The first-order valence-electron chi connectivity index (χ1n) is 5.92. The Balaban J connectivity index is 2.41. The van der Waals surface area contributed by atoms with Crippen LogP contribution in [-0.2, 0) is 16.6 Å². The van der Waals surface area contributed by atoms with Crippen molar-refractivity contribution in [2.24, 2.45) is 0 Å². The summed E-state index contributed by atoms with van der Waals surface area (Å²) >= 11 is 5.83. The molecule has 0 saturated carbocycles. The van der Waals surface area contributed by atoms with Crippen molar-refractivity contribution in [2.75, 3.05) is 4.72 Å². The van der Waals surface area contributed by atoms with Gasteiger partial charge in [-0.2, -0.15) is 0 Å². The van der Waals surface area contributed by atoms with Crippen molar-refractivity contribution < 1.29 is 13.5 Å². The quantitative estimate of drug-likeness (QED) is 0.912. The molecule has 0 spiro atoms. The third-order valence-electron chi connectivity index (χ3n) is 2.93. The van der Waals surface area contributed by atoms with Gasteiger partial charge in [0, 0.05) is 5.02 Å². The third kappa shape index (κ3) is 3.12. The number of hydrogen-bond acceptors (Lipinski definition) is 3. The number of benzene rings is 2. The van der Waals surface area contributed by atoms with Gasteiger partial charge in [0.1, 0.15) is 0 Å². The SMILES string of the molecule is Cc1c(CO)cccc1S(=O)(=O)Nc1cccc(Cl)c1. The van der Waals surface area contributed by atoms with E-state index in [2.05, 4.69) is 4.72 Å². The van der Waals surface area contributed by atoms with Crippen LogP contribution in [-0.4, -0.2) is 13.5 Å². The smallest absolute Gasteiger partial charge is 0.262 e. The Morgan fingerprint density at radius 1 is 1.20 bits per heavy atom. The van der Waals surface area contributed by atoms with Gasteiger partial charge >= 0.3 is 0 Å². The zero-order valence-electron chi connectivity index (χ0n) is 10.8. The average Bonchev–Trinajstić information content (AvgIpc) is 2.38. The van der Waals surface area contributed by atoms with Crippen molar-refractivity contribution in [1.29, 1.82) is 0 Å². The highest BCUT2D eigenvalue weighted by Gasteiger charge is 2.18. The van der Waals surface area contributed by atoms with Crippen LogP contribution in [0.25, 0.3) is 0 Å². The Morgan fingerprint density at radius 2 is 1.90 bits per heavy atom. The molecule has 2 aromatic rings. The van der Waals surface area contributed by atoms with Gasteiger partial charge in [0.05, 0.1) is 17.2 Å². The van der Waals surface area contributed by atoms with E-state index in [0.29, 0.717) is 21.8 Å². The number of hydrogen-bond donors (Lipinski definition) is 2. The first kappa shape index (κ1) is 14.8. The normalized spacial score (nSPS) is 11.3. The van der Waals surface area contributed by atoms with E-state index in [1.54, 1.807) is 37.3 Å². The van der Waals surface area contributed by atoms with Crippen LogP contribution in [0, 0.1) is 6.92 Å². The van der Waals surface area contributed by atoms with Crippen molar-refractivity contribution in [3.63, 3.8) is 0 Å². The van der Waals surface area contributed by atoms with Crippen molar-refractivity contribution in [3.05, 3.63) is 58.6 Å². The Morgan fingerprint density at radius 3 is 2.55 bits per heavy atom. The van der Waals surface area contributed by atoms with Gasteiger partial charge in [0.15, 0.2) is 0 Å². The van der Waals surface area contributed by atoms with Crippen LogP contribution in [0.4, 0.5) is 5.69 Å². The Hall–Kier alpha value is -1.56. The summed E-state index contributed by atoms with van der Waals surface area (Å²) in [5, 5.41) is 9.65. The molecule has 0 aliphatic rings. The highest BCUT2D eigenvalue weighted by molar-refractivity contribution is 7.92. The van der Waals surface area contributed by atoms with E-state index in [0.717, 1.165) is 0 Å².